The van der Waals surface area contributed by atoms with Crippen LogP contribution in [0.25, 0.3) is 0 Å². The van der Waals surface area contributed by atoms with Gasteiger partial charge in [-0.1, -0.05) is 24.6 Å². The molecular weight excluding hydrogens is 496 g/mol. The summed E-state index contributed by atoms with van der Waals surface area (Å²) in [7, 11) is 0. The number of rotatable bonds is 6. The standard InChI is InChI=1S/C29H42N6O4/c1-21(36)30-26(28(38)34-17-9-23(10-18-34)32-13-5-2-6-14-32)19-27(37)33-15-11-24(12-16-33)35-20-22-7-3-4-8-25(22)31-29(35)39/h3-4,7-8,23-24,26H,2,5-6,9-20H2,1H3,(H,30,36)(H,31,39)/t26-/m0/s1. The van der Waals surface area contributed by atoms with Gasteiger partial charge in [0.25, 0.3) is 0 Å². The fraction of sp³-hybridized carbons (Fsp3) is 0.655. The topological polar surface area (TPSA) is 105 Å². The molecule has 1 aromatic rings. The molecule has 10 nitrogen and oxygen atoms in total. The van der Waals surface area contributed by atoms with E-state index in [1.54, 1.807) is 4.90 Å². The van der Waals surface area contributed by atoms with Crippen molar-refractivity contribution in [3.63, 3.8) is 0 Å². The van der Waals surface area contributed by atoms with Crippen LogP contribution in [0.1, 0.15) is 63.9 Å². The van der Waals surface area contributed by atoms with E-state index in [1.807, 2.05) is 34.1 Å². The normalized spacial score (nSPS) is 22.2. The van der Waals surface area contributed by atoms with E-state index < -0.39 is 6.04 Å². The average Bonchev–Trinajstić information content (AvgIpc) is 2.96. The number of likely N-dealkylation sites (tertiary alicyclic amines) is 3. The molecule has 0 spiro atoms. The summed E-state index contributed by atoms with van der Waals surface area (Å²) in [5, 5.41) is 5.72. The molecule has 212 valence electrons. The van der Waals surface area contributed by atoms with Crippen LogP contribution in [0.3, 0.4) is 0 Å². The third kappa shape index (κ3) is 6.54. The molecule has 1 atom stereocenters. The van der Waals surface area contributed by atoms with Crippen molar-refractivity contribution in [2.24, 2.45) is 0 Å². The highest BCUT2D eigenvalue weighted by molar-refractivity contribution is 5.93. The van der Waals surface area contributed by atoms with Gasteiger partial charge in [0.05, 0.1) is 6.42 Å². The molecule has 0 unspecified atom stereocenters. The molecule has 3 fully saturated rings. The predicted octanol–water partition coefficient (Wildman–Crippen LogP) is 2.40. The van der Waals surface area contributed by atoms with E-state index >= 15 is 0 Å². The lowest BCUT2D eigenvalue weighted by Gasteiger charge is -2.41. The van der Waals surface area contributed by atoms with E-state index in [4.69, 9.17) is 0 Å². The van der Waals surface area contributed by atoms with Crippen molar-refractivity contribution in [3.05, 3.63) is 29.8 Å². The first kappa shape index (κ1) is 27.4. The van der Waals surface area contributed by atoms with Gasteiger partial charge in [0.15, 0.2) is 0 Å². The quantitative estimate of drug-likeness (QED) is 0.579. The zero-order valence-electron chi connectivity index (χ0n) is 23.1. The number of piperidine rings is 3. The monoisotopic (exact) mass is 538 g/mol. The maximum atomic E-state index is 13.4. The molecule has 10 heteroatoms. The Morgan fingerprint density at radius 2 is 1.54 bits per heavy atom. The molecule has 5 rings (SSSR count). The van der Waals surface area contributed by atoms with Gasteiger partial charge < -0.3 is 30.2 Å². The first-order valence-corrected chi connectivity index (χ1v) is 14.6. The maximum Gasteiger partial charge on any atom is 0.322 e. The lowest BCUT2D eigenvalue weighted by atomic mass is 9.98. The molecule has 4 heterocycles. The number of carbonyl (C=O) groups excluding carboxylic acids is 4. The smallest absolute Gasteiger partial charge is 0.322 e. The Labute approximate surface area is 231 Å². The van der Waals surface area contributed by atoms with Crippen molar-refractivity contribution < 1.29 is 19.2 Å². The summed E-state index contributed by atoms with van der Waals surface area (Å²) in [6.07, 6.45) is 7.02. The first-order valence-electron chi connectivity index (χ1n) is 14.6. The number of benzene rings is 1. The number of fused-ring (bicyclic) bond motifs is 1. The Morgan fingerprint density at radius 1 is 0.897 bits per heavy atom. The number of hydrogen-bond donors (Lipinski definition) is 2. The largest absolute Gasteiger partial charge is 0.344 e. The zero-order valence-corrected chi connectivity index (χ0v) is 23.1. The van der Waals surface area contributed by atoms with E-state index in [0.29, 0.717) is 51.6 Å². The van der Waals surface area contributed by atoms with E-state index in [1.165, 1.54) is 26.2 Å². The van der Waals surface area contributed by atoms with Crippen LogP contribution in [0, 0.1) is 0 Å². The van der Waals surface area contributed by atoms with Gasteiger partial charge in [0, 0.05) is 57.4 Å². The lowest BCUT2D eigenvalue weighted by Crippen LogP contribution is -2.55. The van der Waals surface area contributed by atoms with Gasteiger partial charge >= 0.3 is 6.03 Å². The van der Waals surface area contributed by atoms with Crippen LogP contribution in [-0.4, -0.2) is 101 Å². The fourth-order valence-electron chi connectivity index (χ4n) is 6.65. The highest BCUT2D eigenvalue weighted by Crippen LogP contribution is 2.28. The predicted molar refractivity (Wildman–Crippen MR) is 148 cm³/mol. The molecule has 4 aliphatic heterocycles. The summed E-state index contributed by atoms with van der Waals surface area (Å²) in [6, 6.07) is 7.45. The molecule has 2 N–H and O–H groups in total. The molecule has 0 saturated carbocycles. The Bertz CT molecular complexity index is 1060. The Hall–Kier alpha value is -3.14. The molecular formula is C29H42N6O4. The van der Waals surface area contributed by atoms with E-state index in [9.17, 15) is 19.2 Å². The minimum atomic E-state index is -0.844. The van der Waals surface area contributed by atoms with E-state index in [2.05, 4.69) is 15.5 Å². The Kier molecular flexibility index (Phi) is 8.69. The van der Waals surface area contributed by atoms with Gasteiger partial charge in [-0.2, -0.15) is 0 Å². The van der Waals surface area contributed by atoms with Gasteiger partial charge in [0.1, 0.15) is 6.04 Å². The minimum Gasteiger partial charge on any atom is -0.344 e. The second-order valence-corrected chi connectivity index (χ2v) is 11.4. The van der Waals surface area contributed by atoms with Gasteiger partial charge in [-0.25, -0.2) is 4.79 Å². The number of amides is 5. The first-order chi connectivity index (χ1) is 18.9. The summed E-state index contributed by atoms with van der Waals surface area (Å²) in [4.78, 5) is 59.3. The fourth-order valence-corrected chi connectivity index (χ4v) is 6.65. The highest BCUT2D eigenvalue weighted by Gasteiger charge is 2.36. The second kappa shape index (κ2) is 12.4. The number of hydrogen-bond acceptors (Lipinski definition) is 5. The van der Waals surface area contributed by atoms with Crippen LogP contribution in [0.5, 0.6) is 0 Å². The number of urea groups is 1. The highest BCUT2D eigenvalue weighted by atomic mass is 16.2. The van der Waals surface area contributed by atoms with Crippen LogP contribution in [0.2, 0.25) is 0 Å². The SMILES string of the molecule is CC(=O)N[C@@H](CC(=O)N1CCC(N2Cc3ccccc3NC2=O)CC1)C(=O)N1CCC(N2CCCCC2)CC1. The number of carbonyl (C=O) groups is 4. The van der Waals surface area contributed by atoms with Gasteiger partial charge in [-0.05, 0) is 63.2 Å². The van der Waals surface area contributed by atoms with Gasteiger partial charge in [-0.3, -0.25) is 14.4 Å². The summed E-state index contributed by atoms with van der Waals surface area (Å²) in [6.45, 7) is 6.62. The van der Waals surface area contributed by atoms with Crippen molar-refractivity contribution in [1.29, 1.82) is 0 Å². The summed E-state index contributed by atoms with van der Waals surface area (Å²) in [5.41, 5.74) is 1.95. The number of para-hydroxylation sites is 1. The number of nitrogens with zero attached hydrogens (tertiary/aromatic N) is 4. The van der Waals surface area contributed by atoms with Crippen molar-refractivity contribution in [2.45, 2.75) is 83.0 Å². The molecule has 0 bridgehead atoms. The van der Waals surface area contributed by atoms with Crippen LogP contribution in [0.15, 0.2) is 24.3 Å². The maximum absolute atomic E-state index is 13.4. The molecule has 39 heavy (non-hydrogen) atoms. The summed E-state index contributed by atoms with van der Waals surface area (Å²) < 4.78 is 0. The third-order valence-electron chi connectivity index (χ3n) is 8.86. The summed E-state index contributed by atoms with van der Waals surface area (Å²) in [5.74, 6) is -0.592. The van der Waals surface area contributed by atoms with Gasteiger partial charge in [-0.15, -0.1) is 0 Å². The summed E-state index contributed by atoms with van der Waals surface area (Å²) >= 11 is 0. The molecule has 3 saturated heterocycles. The molecule has 0 radical (unpaired) electrons. The molecule has 5 amide bonds. The minimum absolute atomic E-state index is 0.0350. The Morgan fingerprint density at radius 3 is 2.23 bits per heavy atom. The van der Waals surface area contributed by atoms with Crippen LogP contribution >= 0.6 is 0 Å². The number of nitrogens with one attached hydrogen (secondary N) is 2. The average molecular weight is 539 g/mol. The van der Waals surface area contributed by atoms with E-state index in [-0.39, 0.29) is 36.2 Å². The van der Waals surface area contributed by atoms with Crippen molar-refractivity contribution >= 4 is 29.4 Å². The van der Waals surface area contributed by atoms with Crippen LogP contribution < -0.4 is 10.6 Å². The lowest BCUT2D eigenvalue weighted by molar-refractivity contribution is -0.142. The van der Waals surface area contributed by atoms with Crippen molar-refractivity contribution in [1.82, 2.24) is 24.9 Å². The van der Waals surface area contributed by atoms with E-state index in [0.717, 1.165) is 37.2 Å². The zero-order chi connectivity index (χ0) is 27.4. The van der Waals surface area contributed by atoms with Crippen LogP contribution in [0.4, 0.5) is 10.5 Å². The van der Waals surface area contributed by atoms with Crippen molar-refractivity contribution in [2.75, 3.05) is 44.6 Å². The number of anilines is 1. The molecule has 1 aromatic carbocycles. The third-order valence-corrected chi connectivity index (χ3v) is 8.86. The Balaban J connectivity index is 1.12. The molecule has 0 aromatic heterocycles. The van der Waals surface area contributed by atoms with Gasteiger partial charge in [0.2, 0.25) is 17.7 Å². The second-order valence-electron chi connectivity index (χ2n) is 11.4. The van der Waals surface area contributed by atoms with Crippen molar-refractivity contribution in [3.8, 4) is 0 Å². The molecule has 0 aliphatic carbocycles. The molecule has 4 aliphatic rings. The van der Waals surface area contributed by atoms with Crippen LogP contribution in [-0.2, 0) is 20.9 Å².